The van der Waals surface area contributed by atoms with Crippen molar-refractivity contribution in [1.29, 1.82) is 0 Å². The first-order chi connectivity index (χ1) is 20.3. The van der Waals surface area contributed by atoms with Crippen molar-refractivity contribution in [3.63, 3.8) is 0 Å². The van der Waals surface area contributed by atoms with Crippen molar-refractivity contribution in [2.45, 2.75) is 38.0 Å². The zero-order chi connectivity index (χ0) is 29.4. The zero-order valence-corrected chi connectivity index (χ0v) is 24.0. The van der Waals surface area contributed by atoms with Crippen LogP contribution in [-0.4, -0.2) is 91.6 Å². The molecule has 1 aromatic carbocycles. The van der Waals surface area contributed by atoms with Crippen molar-refractivity contribution in [1.82, 2.24) is 35.1 Å². The molecule has 0 unspecified atom stereocenters. The van der Waals surface area contributed by atoms with Crippen LogP contribution in [0.1, 0.15) is 24.1 Å². The summed E-state index contributed by atoms with van der Waals surface area (Å²) in [5.74, 6) is -0.456. The average Bonchev–Trinajstić information content (AvgIpc) is 3.54. The molecule has 12 nitrogen and oxygen atoms in total. The van der Waals surface area contributed by atoms with Gasteiger partial charge in [-0.05, 0) is 42.2 Å². The number of urea groups is 1. The van der Waals surface area contributed by atoms with Gasteiger partial charge in [0.1, 0.15) is 18.0 Å². The first-order valence-electron chi connectivity index (χ1n) is 13.8. The number of rotatable bonds is 7. The molecule has 218 valence electrons. The molecule has 2 saturated heterocycles. The number of hydrogen-bond donors (Lipinski definition) is 3. The Balaban J connectivity index is 1.28. The number of benzene rings is 1. The molecule has 3 aliphatic rings. The Morgan fingerprint density at radius 2 is 2.10 bits per heavy atom. The minimum Gasteiger partial charge on any atom is -0.506 e. The minimum atomic E-state index is -0.841. The van der Waals surface area contributed by atoms with Crippen LogP contribution in [0, 0.1) is 0 Å². The predicted molar refractivity (Wildman–Crippen MR) is 158 cm³/mol. The summed E-state index contributed by atoms with van der Waals surface area (Å²) in [6.45, 7) is 0.805. The first kappa shape index (κ1) is 27.7. The number of aromatic hydroxyl groups is 1. The van der Waals surface area contributed by atoms with Crippen molar-refractivity contribution < 1.29 is 19.5 Å². The molecule has 0 bridgehead atoms. The Morgan fingerprint density at radius 1 is 1.24 bits per heavy atom. The molecule has 0 saturated carbocycles. The number of amides is 4. The number of carbonyl (C=O) groups is 3. The van der Waals surface area contributed by atoms with E-state index in [0.717, 1.165) is 34.2 Å². The lowest BCUT2D eigenvalue weighted by Crippen LogP contribution is -2.65. The van der Waals surface area contributed by atoms with E-state index >= 15 is 0 Å². The van der Waals surface area contributed by atoms with Crippen molar-refractivity contribution in [2.75, 3.05) is 32.4 Å². The largest absolute Gasteiger partial charge is 0.506 e. The number of piperazine rings is 1. The molecule has 13 heteroatoms. The quantitative estimate of drug-likeness (QED) is 0.381. The van der Waals surface area contributed by atoms with Gasteiger partial charge < -0.3 is 26.0 Å². The Labute approximate surface area is 246 Å². The molecule has 0 radical (unpaired) electrons. The van der Waals surface area contributed by atoms with Gasteiger partial charge in [0.15, 0.2) is 5.13 Å². The number of anilines is 1. The fourth-order valence-electron chi connectivity index (χ4n) is 5.75. The lowest BCUT2D eigenvalue weighted by Gasteiger charge is -2.45. The van der Waals surface area contributed by atoms with Crippen LogP contribution >= 0.6 is 11.3 Å². The van der Waals surface area contributed by atoms with Gasteiger partial charge in [0.05, 0.1) is 29.5 Å². The molecule has 4 N–H and O–H groups in total. The Hall–Kier alpha value is -4.49. The van der Waals surface area contributed by atoms with E-state index in [2.05, 4.69) is 27.4 Å². The average molecular weight is 589 g/mol. The molecule has 1 aliphatic carbocycles. The number of nitrogens with one attached hydrogen (secondary N) is 1. The summed E-state index contributed by atoms with van der Waals surface area (Å²) >= 11 is 1.38. The van der Waals surface area contributed by atoms with Crippen molar-refractivity contribution >= 4 is 44.5 Å². The third-order valence-corrected chi connectivity index (χ3v) is 8.70. The highest BCUT2D eigenvalue weighted by Crippen LogP contribution is 2.32. The summed E-state index contributed by atoms with van der Waals surface area (Å²) in [6, 6.07) is 7.74. The Bertz CT molecular complexity index is 1590. The van der Waals surface area contributed by atoms with E-state index in [1.165, 1.54) is 28.6 Å². The Morgan fingerprint density at radius 3 is 2.86 bits per heavy atom. The van der Waals surface area contributed by atoms with Gasteiger partial charge in [-0.15, -0.1) is 0 Å². The Kier molecular flexibility index (Phi) is 7.52. The smallest absolute Gasteiger partial charge is 0.332 e. The molecular formula is C29H32N8O4S. The topological polar surface area (TPSA) is 148 Å². The number of aromatic nitrogens is 2. The number of fused-ring (bicyclic) bond motifs is 2. The van der Waals surface area contributed by atoms with Crippen LogP contribution in [0.3, 0.4) is 0 Å². The van der Waals surface area contributed by atoms with Gasteiger partial charge in [-0.2, -0.15) is 5.01 Å². The number of para-hydroxylation sites is 1. The van der Waals surface area contributed by atoms with E-state index < -0.39 is 12.2 Å². The number of allylic oxidation sites excluding steroid dienone is 2. The van der Waals surface area contributed by atoms with Crippen LogP contribution in [0.5, 0.6) is 5.75 Å². The van der Waals surface area contributed by atoms with Gasteiger partial charge in [0.25, 0.3) is 0 Å². The molecule has 2 fully saturated rings. The van der Waals surface area contributed by atoms with Crippen LogP contribution in [0.15, 0.2) is 60.3 Å². The molecule has 4 heterocycles. The number of carbonyl (C=O) groups excluding carboxylic acids is 3. The first-order valence-corrected chi connectivity index (χ1v) is 14.6. The lowest BCUT2D eigenvalue weighted by molar-refractivity contribution is -0.157. The second kappa shape index (κ2) is 11.4. The molecule has 3 aromatic rings. The standard InChI is InChI=1S/C29H32N8O4S/c1-34(29(41)32-13-18-6-3-2-4-7-18)36-17-25(39)37-22(12-20-10-11-21(38)14-31-20)27(40)35(16-24(36)37)15-19-8-5-9-23-26(19)33-28(30)42-23/h3,5-11,14,22,24,38H,2,4,12-13,15-17H2,1H3,(H2,30,33)(H,32,41)/t22-,24+/m0/s1. The summed E-state index contributed by atoms with van der Waals surface area (Å²) in [5, 5.41) is 16.2. The summed E-state index contributed by atoms with van der Waals surface area (Å²) in [5.41, 5.74) is 9.17. The number of nitrogen functional groups attached to an aromatic ring is 1. The van der Waals surface area contributed by atoms with Gasteiger partial charge in [0, 0.05) is 32.3 Å². The molecule has 2 atom stereocenters. The normalized spacial score (nSPS) is 20.6. The summed E-state index contributed by atoms with van der Waals surface area (Å²) < 4.78 is 0.929. The summed E-state index contributed by atoms with van der Waals surface area (Å²) in [6.07, 6.45) is 9.04. The van der Waals surface area contributed by atoms with Crippen LogP contribution in [0.25, 0.3) is 10.2 Å². The van der Waals surface area contributed by atoms with Gasteiger partial charge >= 0.3 is 6.03 Å². The van der Waals surface area contributed by atoms with E-state index in [0.29, 0.717) is 17.4 Å². The number of hydrogen-bond acceptors (Lipinski definition) is 9. The number of hydrazine groups is 1. The maximum Gasteiger partial charge on any atom is 0.332 e. The third-order valence-electron chi connectivity index (χ3n) is 7.85. The molecule has 2 aromatic heterocycles. The lowest BCUT2D eigenvalue weighted by atomic mass is 10.0. The van der Waals surface area contributed by atoms with E-state index in [1.54, 1.807) is 27.9 Å². The summed E-state index contributed by atoms with van der Waals surface area (Å²) in [4.78, 5) is 52.7. The van der Waals surface area contributed by atoms with Gasteiger partial charge in [-0.25, -0.2) is 9.78 Å². The van der Waals surface area contributed by atoms with Gasteiger partial charge in [-0.3, -0.25) is 19.6 Å². The fraction of sp³-hybridized carbons (Fsp3) is 0.345. The number of pyridine rings is 1. The third kappa shape index (κ3) is 5.40. The predicted octanol–water partition coefficient (Wildman–Crippen LogP) is 2.24. The fourth-order valence-corrected chi connectivity index (χ4v) is 6.53. The second-order valence-corrected chi connectivity index (χ2v) is 11.6. The monoisotopic (exact) mass is 588 g/mol. The maximum atomic E-state index is 14.0. The van der Waals surface area contributed by atoms with Crippen molar-refractivity contribution in [3.8, 4) is 5.75 Å². The number of nitrogens with two attached hydrogens (primary N) is 1. The van der Waals surface area contributed by atoms with Gasteiger partial charge in [-0.1, -0.05) is 41.7 Å². The number of thiazole rings is 1. The van der Waals surface area contributed by atoms with Crippen molar-refractivity contribution in [3.05, 3.63) is 71.6 Å². The number of nitrogens with zero attached hydrogens (tertiary/aromatic N) is 6. The van der Waals surface area contributed by atoms with Crippen LogP contribution in [-0.2, 0) is 22.6 Å². The SMILES string of the molecule is CN(C(=O)NCC1=CCCC=C1)N1CC(=O)N2[C@@H](Cc3ccc(O)cn3)C(=O)N(Cc3cccc4sc(N)nc34)C[C@@H]21. The second-order valence-electron chi connectivity index (χ2n) is 10.6. The van der Waals surface area contributed by atoms with Gasteiger partial charge in [0.2, 0.25) is 11.8 Å². The van der Waals surface area contributed by atoms with E-state index in [4.69, 9.17) is 5.73 Å². The molecule has 6 rings (SSSR count). The van der Waals surface area contributed by atoms with E-state index in [1.807, 2.05) is 24.3 Å². The highest BCUT2D eigenvalue weighted by molar-refractivity contribution is 7.22. The minimum absolute atomic E-state index is 0.0133. The molecular weight excluding hydrogens is 556 g/mol. The highest BCUT2D eigenvalue weighted by atomic mass is 32.1. The molecule has 2 aliphatic heterocycles. The molecule has 0 spiro atoms. The van der Waals surface area contributed by atoms with Crippen molar-refractivity contribution in [2.24, 2.45) is 0 Å². The van der Waals surface area contributed by atoms with Crippen LogP contribution < -0.4 is 11.1 Å². The highest BCUT2D eigenvalue weighted by Gasteiger charge is 2.51. The van der Waals surface area contributed by atoms with Crippen LogP contribution in [0.2, 0.25) is 0 Å². The van der Waals surface area contributed by atoms with E-state index in [9.17, 15) is 19.5 Å². The summed E-state index contributed by atoms with van der Waals surface area (Å²) in [7, 11) is 1.63. The zero-order valence-electron chi connectivity index (χ0n) is 23.1. The van der Waals surface area contributed by atoms with Crippen LogP contribution in [0.4, 0.5) is 9.93 Å². The van der Waals surface area contributed by atoms with E-state index in [-0.39, 0.29) is 49.7 Å². The molecule has 42 heavy (non-hydrogen) atoms. The molecule has 4 amide bonds. The maximum absolute atomic E-state index is 14.0.